The topological polar surface area (TPSA) is 52.9 Å². The Morgan fingerprint density at radius 3 is 2.68 bits per heavy atom. The molecule has 0 unspecified atom stereocenters. The third kappa shape index (κ3) is 3.72. The van der Waals surface area contributed by atoms with E-state index in [4.69, 9.17) is 16.6 Å². The van der Waals surface area contributed by atoms with E-state index in [2.05, 4.69) is 48.9 Å². The van der Waals surface area contributed by atoms with Crippen molar-refractivity contribution in [1.82, 2.24) is 14.3 Å². The number of hydrogen-bond acceptors (Lipinski definition) is 3. The maximum Gasteiger partial charge on any atom is 0.321 e. The Kier molecular flexibility index (Phi) is 5.24. The molecule has 0 spiro atoms. The van der Waals surface area contributed by atoms with Gasteiger partial charge < -0.3 is 19.5 Å². The average molecular weight is 499 g/mol. The highest BCUT2D eigenvalue weighted by Gasteiger charge is 2.24. The minimum absolute atomic E-state index is 0.103. The van der Waals surface area contributed by atoms with Gasteiger partial charge in [-0.05, 0) is 55.0 Å². The van der Waals surface area contributed by atoms with Gasteiger partial charge in [-0.1, -0.05) is 33.6 Å². The smallest absolute Gasteiger partial charge is 0.321 e. The number of nitrogens with one attached hydrogen (secondary N) is 1. The van der Waals surface area contributed by atoms with Crippen LogP contribution in [0.5, 0.6) is 0 Å². The van der Waals surface area contributed by atoms with E-state index in [-0.39, 0.29) is 6.03 Å². The molecule has 6 nitrogen and oxygen atoms in total. The number of carbonyl (C=O) groups excluding carboxylic acids is 1. The summed E-state index contributed by atoms with van der Waals surface area (Å²) in [6.45, 7) is 4.58. The fraction of sp³-hybridized carbons (Fsp3) is 0.217. The zero-order chi connectivity index (χ0) is 21.5. The standard InChI is InChI=1S/C23H21BrClN5O/c1-15-17(25)4-2-5-18(15)27-23(31)29-12-10-28(11-13-29)22-21-6-3-9-30(21)20-8-7-16(24)14-19(20)26-22/h2-9,14H,10-13H2,1H3,(H,27,31). The summed E-state index contributed by atoms with van der Waals surface area (Å²) in [5.41, 5.74) is 4.70. The van der Waals surface area contributed by atoms with Crippen molar-refractivity contribution in [3.05, 3.63) is 69.8 Å². The number of anilines is 2. The zero-order valence-corrected chi connectivity index (χ0v) is 19.3. The molecule has 0 atom stereocenters. The van der Waals surface area contributed by atoms with Crippen LogP contribution in [-0.4, -0.2) is 46.5 Å². The zero-order valence-electron chi connectivity index (χ0n) is 17.0. The van der Waals surface area contributed by atoms with Crippen LogP contribution >= 0.6 is 27.5 Å². The van der Waals surface area contributed by atoms with Crippen molar-refractivity contribution in [1.29, 1.82) is 0 Å². The van der Waals surface area contributed by atoms with Crippen LogP contribution in [0.15, 0.2) is 59.2 Å². The van der Waals surface area contributed by atoms with Crippen molar-refractivity contribution in [2.75, 3.05) is 36.4 Å². The molecule has 0 bridgehead atoms. The van der Waals surface area contributed by atoms with Crippen LogP contribution in [0.25, 0.3) is 16.6 Å². The van der Waals surface area contributed by atoms with Gasteiger partial charge in [0, 0.05) is 47.6 Å². The van der Waals surface area contributed by atoms with E-state index in [1.165, 1.54) is 0 Å². The lowest BCUT2D eigenvalue weighted by Gasteiger charge is -2.35. The fourth-order valence-corrected chi connectivity index (χ4v) is 4.55. The third-order valence-electron chi connectivity index (χ3n) is 5.78. The summed E-state index contributed by atoms with van der Waals surface area (Å²) in [4.78, 5) is 21.8. The van der Waals surface area contributed by atoms with Gasteiger partial charge in [0.25, 0.3) is 0 Å². The summed E-state index contributed by atoms with van der Waals surface area (Å²) in [5, 5.41) is 3.64. The average Bonchev–Trinajstić information content (AvgIpc) is 3.26. The molecule has 1 N–H and O–H groups in total. The lowest BCUT2D eigenvalue weighted by molar-refractivity contribution is 0.208. The van der Waals surface area contributed by atoms with Crippen LogP contribution in [-0.2, 0) is 0 Å². The Labute approximate surface area is 193 Å². The van der Waals surface area contributed by atoms with Crippen LogP contribution in [0.3, 0.4) is 0 Å². The lowest BCUT2D eigenvalue weighted by Crippen LogP contribution is -2.50. The van der Waals surface area contributed by atoms with E-state index in [1.54, 1.807) is 0 Å². The van der Waals surface area contributed by atoms with Crippen LogP contribution < -0.4 is 10.2 Å². The first-order chi connectivity index (χ1) is 15.0. The number of fused-ring (bicyclic) bond motifs is 3. The molecule has 0 aliphatic carbocycles. The number of rotatable bonds is 2. The van der Waals surface area contributed by atoms with Crippen molar-refractivity contribution in [2.24, 2.45) is 0 Å². The molecule has 8 heteroatoms. The summed E-state index contributed by atoms with van der Waals surface area (Å²) < 4.78 is 3.17. The lowest BCUT2D eigenvalue weighted by atomic mass is 10.2. The van der Waals surface area contributed by atoms with Gasteiger partial charge in [-0.25, -0.2) is 9.78 Å². The molecule has 1 aliphatic heterocycles. The largest absolute Gasteiger partial charge is 0.351 e. The molecular formula is C23H21BrClN5O. The number of benzene rings is 2. The Balaban J connectivity index is 1.35. The number of halogens is 2. The molecule has 158 valence electrons. The Bertz CT molecular complexity index is 1300. The minimum Gasteiger partial charge on any atom is -0.351 e. The summed E-state index contributed by atoms with van der Waals surface area (Å²) in [7, 11) is 0. The first kappa shape index (κ1) is 20.2. The normalized spacial score (nSPS) is 14.4. The van der Waals surface area contributed by atoms with Gasteiger partial charge in [-0.2, -0.15) is 0 Å². The molecule has 3 heterocycles. The molecule has 31 heavy (non-hydrogen) atoms. The molecule has 2 aromatic carbocycles. The molecular weight excluding hydrogens is 478 g/mol. The van der Waals surface area contributed by atoms with Gasteiger partial charge in [0.05, 0.1) is 16.6 Å². The van der Waals surface area contributed by atoms with Gasteiger partial charge >= 0.3 is 6.03 Å². The summed E-state index contributed by atoms with van der Waals surface area (Å²) in [5.74, 6) is 0.946. The predicted molar refractivity (Wildman–Crippen MR) is 129 cm³/mol. The number of nitrogens with zero attached hydrogens (tertiary/aromatic N) is 4. The highest BCUT2D eigenvalue weighted by molar-refractivity contribution is 9.10. The SMILES string of the molecule is Cc1c(Cl)cccc1NC(=O)N1CCN(c2nc3cc(Br)ccc3n3cccc23)CC1. The highest BCUT2D eigenvalue weighted by Crippen LogP contribution is 2.28. The molecule has 1 saturated heterocycles. The van der Waals surface area contributed by atoms with Gasteiger partial charge in [-0.15, -0.1) is 0 Å². The predicted octanol–water partition coefficient (Wildman–Crippen LogP) is 5.57. The first-order valence-electron chi connectivity index (χ1n) is 10.1. The second kappa shape index (κ2) is 8.05. The van der Waals surface area contributed by atoms with Crippen LogP contribution in [0.4, 0.5) is 16.3 Å². The number of hydrogen-bond donors (Lipinski definition) is 1. The summed E-state index contributed by atoms with van der Waals surface area (Å²) in [6.07, 6.45) is 2.06. The quantitative estimate of drug-likeness (QED) is 0.393. The molecule has 1 fully saturated rings. The Morgan fingerprint density at radius 2 is 1.87 bits per heavy atom. The van der Waals surface area contributed by atoms with Crippen molar-refractivity contribution in [2.45, 2.75) is 6.92 Å². The van der Waals surface area contributed by atoms with Crippen LogP contribution in [0, 0.1) is 6.92 Å². The molecule has 2 aromatic heterocycles. The van der Waals surface area contributed by atoms with Crippen LogP contribution in [0.1, 0.15) is 5.56 Å². The Hall–Kier alpha value is -2.77. The Morgan fingerprint density at radius 1 is 1.06 bits per heavy atom. The summed E-state index contributed by atoms with van der Waals surface area (Å²) in [6, 6.07) is 15.7. The molecule has 5 rings (SSSR count). The van der Waals surface area contributed by atoms with E-state index in [1.807, 2.05) is 48.2 Å². The number of carbonyl (C=O) groups is 1. The van der Waals surface area contributed by atoms with E-state index >= 15 is 0 Å². The van der Waals surface area contributed by atoms with E-state index in [9.17, 15) is 4.79 Å². The molecule has 0 radical (unpaired) electrons. The second-order valence-corrected chi connectivity index (χ2v) is 8.97. The number of urea groups is 1. The van der Waals surface area contributed by atoms with E-state index in [0.717, 1.165) is 51.2 Å². The van der Waals surface area contributed by atoms with Gasteiger partial charge in [-0.3, -0.25) is 0 Å². The second-order valence-electron chi connectivity index (χ2n) is 7.65. The minimum atomic E-state index is -0.103. The fourth-order valence-electron chi connectivity index (χ4n) is 4.03. The third-order valence-corrected chi connectivity index (χ3v) is 6.68. The van der Waals surface area contributed by atoms with Crippen LogP contribution in [0.2, 0.25) is 5.02 Å². The first-order valence-corrected chi connectivity index (χ1v) is 11.3. The molecule has 2 amide bonds. The van der Waals surface area contributed by atoms with Crippen molar-refractivity contribution >= 4 is 61.6 Å². The number of amides is 2. The molecule has 4 aromatic rings. The van der Waals surface area contributed by atoms with Crippen molar-refractivity contribution in [3.8, 4) is 0 Å². The number of piperazine rings is 1. The van der Waals surface area contributed by atoms with Gasteiger partial charge in [0.1, 0.15) is 0 Å². The van der Waals surface area contributed by atoms with Crippen molar-refractivity contribution < 1.29 is 4.79 Å². The monoisotopic (exact) mass is 497 g/mol. The molecule has 0 saturated carbocycles. The van der Waals surface area contributed by atoms with Gasteiger partial charge in [0.2, 0.25) is 0 Å². The maximum atomic E-state index is 12.8. The summed E-state index contributed by atoms with van der Waals surface area (Å²) >= 11 is 9.72. The molecule has 1 aliphatic rings. The highest BCUT2D eigenvalue weighted by atomic mass is 79.9. The van der Waals surface area contributed by atoms with E-state index < -0.39 is 0 Å². The van der Waals surface area contributed by atoms with Crippen molar-refractivity contribution in [3.63, 3.8) is 0 Å². The van der Waals surface area contributed by atoms with E-state index in [0.29, 0.717) is 18.1 Å². The maximum absolute atomic E-state index is 12.8. The number of aromatic nitrogens is 2. The van der Waals surface area contributed by atoms with Gasteiger partial charge in [0.15, 0.2) is 5.82 Å².